The molecular formula is C17H26ClN3O2. The Morgan fingerprint density at radius 1 is 1.35 bits per heavy atom. The molecule has 1 aliphatic rings. The SMILES string of the molecule is Cc1cc(OCNC(=O)N(C)C2CCN(C)CC2)cc(C)c1Cl. The number of amides is 2. The minimum atomic E-state index is -0.0954. The second kappa shape index (κ2) is 7.88. The molecule has 1 fully saturated rings. The highest BCUT2D eigenvalue weighted by Crippen LogP contribution is 2.25. The van der Waals surface area contributed by atoms with Gasteiger partial charge in [-0.25, -0.2) is 4.79 Å². The monoisotopic (exact) mass is 339 g/mol. The van der Waals surface area contributed by atoms with Gasteiger partial charge in [-0.2, -0.15) is 0 Å². The van der Waals surface area contributed by atoms with Gasteiger partial charge in [0.05, 0.1) is 0 Å². The van der Waals surface area contributed by atoms with E-state index in [0.717, 1.165) is 42.1 Å². The van der Waals surface area contributed by atoms with Crippen molar-refractivity contribution < 1.29 is 9.53 Å². The lowest BCUT2D eigenvalue weighted by Crippen LogP contribution is -2.48. The number of carbonyl (C=O) groups is 1. The summed E-state index contributed by atoms with van der Waals surface area (Å²) in [5.74, 6) is 0.714. The number of benzene rings is 1. The molecule has 1 aromatic carbocycles. The van der Waals surface area contributed by atoms with E-state index in [4.69, 9.17) is 16.3 Å². The fourth-order valence-electron chi connectivity index (χ4n) is 2.84. The van der Waals surface area contributed by atoms with Crippen molar-refractivity contribution >= 4 is 17.6 Å². The van der Waals surface area contributed by atoms with E-state index in [0.29, 0.717) is 11.8 Å². The van der Waals surface area contributed by atoms with E-state index in [1.165, 1.54) is 0 Å². The molecule has 1 aliphatic heterocycles. The van der Waals surface area contributed by atoms with Crippen LogP contribution in [0.2, 0.25) is 5.02 Å². The number of likely N-dealkylation sites (tertiary alicyclic amines) is 1. The van der Waals surface area contributed by atoms with E-state index < -0.39 is 0 Å². The summed E-state index contributed by atoms with van der Waals surface area (Å²) in [5, 5.41) is 3.56. The quantitative estimate of drug-likeness (QED) is 0.858. The van der Waals surface area contributed by atoms with Gasteiger partial charge < -0.3 is 19.9 Å². The molecule has 0 bridgehead atoms. The summed E-state index contributed by atoms with van der Waals surface area (Å²) >= 11 is 6.14. The van der Waals surface area contributed by atoms with Gasteiger partial charge in [-0.15, -0.1) is 0 Å². The lowest BCUT2D eigenvalue weighted by atomic mass is 10.0. The first kappa shape index (κ1) is 17.9. The molecule has 0 radical (unpaired) electrons. The maximum absolute atomic E-state index is 12.2. The average Bonchev–Trinajstić information content (AvgIpc) is 2.52. The first-order valence-corrected chi connectivity index (χ1v) is 8.35. The van der Waals surface area contributed by atoms with Gasteiger partial charge in [0.1, 0.15) is 5.75 Å². The fraction of sp³-hybridized carbons (Fsp3) is 0.588. The Balaban J connectivity index is 1.80. The first-order chi connectivity index (χ1) is 10.9. The highest BCUT2D eigenvalue weighted by molar-refractivity contribution is 6.32. The Morgan fingerprint density at radius 3 is 2.48 bits per heavy atom. The van der Waals surface area contributed by atoms with Crippen LogP contribution in [0.25, 0.3) is 0 Å². The predicted molar refractivity (Wildman–Crippen MR) is 93.2 cm³/mol. The molecule has 0 unspecified atom stereocenters. The smallest absolute Gasteiger partial charge is 0.319 e. The molecule has 1 aromatic rings. The Morgan fingerprint density at radius 2 is 1.91 bits per heavy atom. The van der Waals surface area contributed by atoms with Gasteiger partial charge in [-0.05, 0) is 70.1 Å². The fourth-order valence-corrected chi connectivity index (χ4v) is 2.95. The van der Waals surface area contributed by atoms with Crippen LogP contribution in [-0.2, 0) is 0 Å². The van der Waals surface area contributed by atoms with Gasteiger partial charge in [0.25, 0.3) is 0 Å². The lowest BCUT2D eigenvalue weighted by Gasteiger charge is -2.35. The molecule has 6 heteroatoms. The molecule has 0 saturated carbocycles. The predicted octanol–water partition coefficient (Wildman–Crippen LogP) is 3.03. The van der Waals surface area contributed by atoms with Crippen LogP contribution >= 0.6 is 11.6 Å². The zero-order valence-electron chi connectivity index (χ0n) is 14.4. The van der Waals surface area contributed by atoms with Crippen molar-refractivity contribution in [1.29, 1.82) is 0 Å². The number of nitrogens with zero attached hydrogens (tertiary/aromatic N) is 2. The highest BCUT2D eigenvalue weighted by atomic mass is 35.5. The largest absolute Gasteiger partial charge is 0.473 e. The molecule has 0 atom stereocenters. The summed E-state index contributed by atoms with van der Waals surface area (Å²) in [5.41, 5.74) is 1.94. The molecule has 23 heavy (non-hydrogen) atoms. The molecule has 0 spiro atoms. The maximum atomic E-state index is 12.2. The summed E-state index contributed by atoms with van der Waals surface area (Å²) in [4.78, 5) is 16.3. The van der Waals surface area contributed by atoms with E-state index in [1.54, 1.807) is 4.90 Å². The molecular weight excluding hydrogens is 314 g/mol. The standard InChI is InChI=1S/C17H26ClN3O2/c1-12-9-15(10-13(2)16(12)18)23-11-19-17(22)21(4)14-5-7-20(3)8-6-14/h9-10,14H,5-8,11H2,1-4H3,(H,19,22). The molecule has 1 heterocycles. The number of carbonyl (C=O) groups excluding carboxylic acids is 1. The topological polar surface area (TPSA) is 44.8 Å². The van der Waals surface area contributed by atoms with E-state index in [2.05, 4.69) is 17.3 Å². The van der Waals surface area contributed by atoms with Crippen molar-refractivity contribution in [1.82, 2.24) is 15.1 Å². The van der Waals surface area contributed by atoms with Crippen LogP contribution < -0.4 is 10.1 Å². The molecule has 0 aliphatic carbocycles. The van der Waals surface area contributed by atoms with Crippen molar-refractivity contribution in [2.45, 2.75) is 32.7 Å². The van der Waals surface area contributed by atoms with Crippen molar-refractivity contribution in [3.63, 3.8) is 0 Å². The second-order valence-corrected chi connectivity index (χ2v) is 6.66. The van der Waals surface area contributed by atoms with Crippen molar-refractivity contribution in [2.24, 2.45) is 0 Å². The number of hydrogen-bond acceptors (Lipinski definition) is 3. The number of aryl methyl sites for hydroxylation is 2. The average molecular weight is 340 g/mol. The molecule has 128 valence electrons. The van der Waals surface area contributed by atoms with Crippen LogP contribution in [0.1, 0.15) is 24.0 Å². The molecule has 0 aromatic heterocycles. The highest BCUT2D eigenvalue weighted by Gasteiger charge is 2.23. The van der Waals surface area contributed by atoms with Gasteiger partial charge in [-0.1, -0.05) is 11.6 Å². The third kappa shape index (κ3) is 4.75. The van der Waals surface area contributed by atoms with Crippen LogP contribution in [0.4, 0.5) is 4.79 Å². The van der Waals surface area contributed by atoms with E-state index in [9.17, 15) is 4.79 Å². The molecule has 5 nitrogen and oxygen atoms in total. The molecule has 1 saturated heterocycles. The van der Waals surface area contributed by atoms with Gasteiger partial charge in [0.15, 0.2) is 6.73 Å². The number of urea groups is 1. The zero-order valence-corrected chi connectivity index (χ0v) is 15.1. The van der Waals surface area contributed by atoms with Crippen LogP contribution in [0.3, 0.4) is 0 Å². The third-order valence-corrected chi connectivity index (χ3v) is 5.02. The summed E-state index contributed by atoms with van der Waals surface area (Å²) in [6, 6.07) is 3.96. The third-order valence-electron chi connectivity index (χ3n) is 4.43. The Bertz CT molecular complexity index is 534. The van der Waals surface area contributed by atoms with Gasteiger partial charge in [0, 0.05) is 18.1 Å². The Hall–Kier alpha value is -1.46. The maximum Gasteiger partial charge on any atom is 0.319 e. The van der Waals surface area contributed by atoms with E-state index in [1.807, 2.05) is 33.0 Å². The summed E-state index contributed by atoms with van der Waals surface area (Å²) < 4.78 is 5.62. The first-order valence-electron chi connectivity index (χ1n) is 7.97. The van der Waals surface area contributed by atoms with E-state index in [-0.39, 0.29) is 12.8 Å². The number of nitrogens with one attached hydrogen (secondary N) is 1. The summed E-state index contributed by atoms with van der Waals surface area (Å²) in [6.45, 7) is 6.09. The molecule has 2 amide bonds. The molecule has 2 rings (SSSR count). The summed E-state index contributed by atoms with van der Waals surface area (Å²) in [6.07, 6.45) is 2.02. The summed E-state index contributed by atoms with van der Waals surface area (Å²) in [7, 11) is 3.96. The van der Waals surface area contributed by atoms with Crippen LogP contribution in [0.15, 0.2) is 12.1 Å². The van der Waals surface area contributed by atoms with Gasteiger partial charge >= 0.3 is 6.03 Å². The van der Waals surface area contributed by atoms with Crippen LogP contribution in [0, 0.1) is 13.8 Å². The minimum Gasteiger partial charge on any atom is -0.473 e. The van der Waals surface area contributed by atoms with Gasteiger partial charge in [0.2, 0.25) is 0 Å². The minimum absolute atomic E-state index is 0.0954. The van der Waals surface area contributed by atoms with E-state index >= 15 is 0 Å². The molecule has 1 N–H and O–H groups in total. The van der Waals surface area contributed by atoms with Crippen molar-refractivity contribution in [2.75, 3.05) is 33.9 Å². The van der Waals surface area contributed by atoms with Gasteiger partial charge in [-0.3, -0.25) is 0 Å². The number of piperidine rings is 1. The number of rotatable bonds is 4. The second-order valence-electron chi connectivity index (χ2n) is 6.29. The normalized spacial score (nSPS) is 16.2. The Kier molecular flexibility index (Phi) is 6.13. The van der Waals surface area contributed by atoms with Crippen LogP contribution in [-0.4, -0.2) is 55.8 Å². The zero-order chi connectivity index (χ0) is 17.0. The van der Waals surface area contributed by atoms with Crippen LogP contribution in [0.5, 0.6) is 5.75 Å². The van der Waals surface area contributed by atoms with Crippen molar-refractivity contribution in [3.8, 4) is 5.75 Å². The van der Waals surface area contributed by atoms with Crippen molar-refractivity contribution in [3.05, 3.63) is 28.3 Å². The Labute approximate surface area is 143 Å². The number of halogens is 1. The number of hydrogen-bond donors (Lipinski definition) is 1. The number of ether oxygens (including phenoxy) is 1. The lowest BCUT2D eigenvalue weighted by molar-refractivity contribution is 0.142.